The van der Waals surface area contributed by atoms with E-state index in [1.807, 2.05) is 13.8 Å². The zero-order chi connectivity index (χ0) is 62.3. The number of nitrogens with one attached hydrogen (secondary N) is 9. The van der Waals surface area contributed by atoms with E-state index in [-0.39, 0.29) is 85.7 Å². The molecular formula is C63H117N9O11. The van der Waals surface area contributed by atoms with Crippen LogP contribution in [0.4, 0.5) is 33.6 Å². The lowest BCUT2D eigenvalue weighted by atomic mass is 9.62. The van der Waals surface area contributed by atoms with E-state index in [2.05, 4.69) is 145 Å². The Morgan fingerprint density at radius 2 is 0.530 bits per heavy atom. The number of alkyl carbamates (subject to hydrolysis) is 4. The Morgan fingerprint density at radius 3 is 0.735 bits per heavy atom. The van der Waals surface area contributed by atoms with Crippen molar-refractivity contribution < 1.29 is 52.5 Å². The Balaban J connectivity index is 0.000000436. The number of urea groups is 3. The zero-order valence-electron chi connectivity index (χ0n) is 54.6. The molecule has 0 spiro atoms. The summed E-state index contributed by atoms with van der Waals surface area (Å²) in [4.78, 5) is 87.4. The van der Waals surface area contributed by atoms with E-state index >= 15 is 0 Å². The molecule has 0 heterocycles. The summed E-state index contributed by atoms with van der Waals surface area (Å²) in [6, 6.07) is -1.41. The highest BCUT2D eigenvalue weighted by atomic mass is 16.6. The molecule has 0 saturated heterocycles. The third kappa shape index (κ3) is 28.7. The molecule has 0 radical (unpaired) electrons. The first-order chi connectivity index (χ1) is 38.6. The second kappa shape index (κ2) is 32.6. The molecule has 10 amide bonds. The molecule has 4 aliphatic rings. The van der Waals surface area contributed by atoms with Gasteiger partial charge in [-0.25, -0.2) is 33.6 Å². The summed E-state index contributed by atoms with van der Waals surface area (Å²) in [5.41, 5.74) is -0.830. The van der Waals surface area contributed by atoms with Crippen LogP contribution in [-0.4, -0.2) is 119 Å². The average Bonchev–Trinajstić information content (AvgIpc) is 3.55. The van der Waals surface area contributed by atoms with Gasteiger partial charge in [0.25, 0.3) is 0 Å². The first-order valence-electron chi connectivity index (χ1n) is 31.6. The van der Waals surface area contributed by atoms with Gasteiger partial charge in [0, 0.05) is 50.3 Å². The average molecular weight is 1180 g/mol. The molecule has 4 rings (SSSR count). The van der Waals surface area contributed by atoms with Gasteiger partial charge in [-0.1, -0.05) is 136 Å². The van der Waals surface area contributed by atoms with Crippen LogP contribution in [0.15, 0.2) is 0 Å². The SMILES string of the molecule is CCCCOC(=O)NC1CC(C)(C)CC(C)(CNC(=O)NC(=O)NCC2(C)CC(NC(=O)OCCCC)CC(C)(C)C2)C1.CCCCOC(=O)NC1CC(C)(C)CC(C)(CNC(=O)NCC2(C)CC(NC(=O)OCCCC)CC(C)(C)C2)C1. The van der Waals surface area contributed by atoms with E-state index in [1.165, 1.54) is 0 Å². The number of hydrogen-bond donors (Lipinski definition) is 9. The molecule has 0 aromatic rings. The molecule has 20 heteroatoms. The van der Waals surface area contributed by atoms with Crippen LogP contribution in [0.5, 0.6) is 0 Å². The summed E-state index contributed by atoms with van der Waals surface area (Å²) >= 11 is 0. The molecule has 4 fully saturated rings. The summed E-state index contributed by atoms with van der Waals surface area (Å²) in [5.74, 6) is 0. The van der Waals surface area contributed by atoms with Crippen molar-refractivity contribution in [3.05, 3.63) is 0 Å². The number of carbonyl (C=O) groups is 7. The minimum absolute atomic E-state index is 0.00853. The standard InChI is InChI=1S/C32H59N5O6.C31H58N4O5/c1-9-11-13-42-27(40)35-23-15-29(3,4)19-31(7,17-23)21-33-25(38)37-26(39)34-22-32(8)18-24(16-30(5,6)20-32)36-28(41)43-14-12-10-2;1-9-11-13-39-26(37)34-23-15-28(3,4)19-30(7,17-23)21-32-25(36)33-22-31(8)18-24(16-29(5,6)20-31)35-27(38)40-14-12-10-2/h23-24H,9-22H2,1-8H3,(H,35,40)(H,36,41)(H3,33,34,37,38,39);23-24H,9-22H2,1-8H3,(H,34,37)(H,35,38)(H2,32,33,36). The highest BCUT2D eigenvalue weighted by Gasteiger charge is 2.46. The van der Waals surface area contributed by atoms with Gasteiger partial charge in [0.15, 0.2) is 0 Å². The number of ether oxygens (including phenoxy) is 4. The van der Waals surface area contributed by atoms with E-state index in [1.54, 1.807) is 0 Å². The monoisotopic (exact) mass is 1180 g/mol. The Kier molecular flexibility index (Phi) is 28.4. The van der Waals surface area contributed by atoms with Crippen molar-refractivity contribution in [2.75, 3.05) is 52.6 Å². The maximum absolute atomic E-state index is 12.9. The van der Waals surface area contributed by atoms with E-state index in [9.17, 15) is 33.6 Å². The van der Waals surface area contributed by atoms with Crippen molar-refractivity contribution in [1.82, 2.24) is 47.9 Å². The minimum atomic E-state index is -0.561. The third-order valence-electron chi connectivity index (χ3n) is 16.9. The van der Waals surface area contributed by atoms with E-state index < -0.39 is 24.2 Å². The van der Waals surface area contributed by atoms with Crippen LogP contribution in [-0.2, 0) is 18.9 Å². The second-order valence-electron chi connectivity index (χ2n) is 30.1. The van der Waals surface area contributed by atoms with Crippen molar-refractivity contribution in [1.29, 1.82) is 0 Å². The first-order valence-corrected chi connectivity index (χ1v) is 31.6. The van der Waals surface area contributed by atoms with E-state index in [4.69, 9.17) is 18.9 Å². The van der Waals surface area contributed by atoms with Crippen LogP contribution in [0.2, 0.25) is 0 Å². The van der Waals surface area contributed by atoms with Crippen LogP contribution in [0.3, 0.4) is 0 Å². The van der Waals surface area contributed by atoms with E-state index in [0.29, 0.717) is 65.4 Å². The Bertz CT molecular complexity index is 1950. The predicted molar refractivity (Wildman–Crippen MR) is 327 cm³/mol. The van der Waals surface area contributed by atoms with Gasteiger partial charge < -0.3 is 61.5 Å². The molecular weight excluding hydrogens is 1060 g/mol. The largest absolute Gasteiger partial charge is 0.450 e. The summed E-state index contributed by atoms with van der Waals surface area (Å²) in [5, 5.41) is 26.5. The van der Waals surface area contributed by atoms with Crippen LogP contribution >= 0.6 is 0 Å². The fraction of sp³-hybridized carbons (Fsp3) is 0.889. The highest BCUT2D eigenvalue weighted by molar-refractivity contribution is 5.93. The molecule has 0 aromatic carbocycles. The van der Waals surface area contributed by atoms with Gasteiger partial charge >= 0.3 is 42.5 Å². The molecule has 480 valence electrons. The van der Waals surface area contributed by atoms with Crippen molar-refractivity contribution in [2.45, 2.75) is 263 Å². The summed E-state index contributed by atoms with van der Waals surface area (Å²) in [7, 11) is 0. The van der Waals surface area contributed by atoms with Gasteiger partial charge in [0.05, 0.1) is 26.4 Å². The van der Waals surface area contributed by atoms with Crippen LogP contribution in [0.1, 0.15) is 239 Å². The van der Waals surface area contributed by atoms with Gasteiger partial charge in [0.1, 0.15) is 0 Å². The predicted octanol–water partition coefficient (Wildman–Crippen LogP) is 12.7. The molecule has 9 N–H and O–H groups in total. The lowest BCUT2D eigenvalue weighted by Gasteiger charge is -2.47. The molecule has 0 aliphatic heterocycles. The highest BCUT2D eigenvalue weighted by Crippen LogP contribution is 2.49. The molecule has 4 aliphatic carbocycles. The zero-order valence-corrected chi connectivity index (χ0v) is 54.6. The molecule has 83 heavy (non-hydrogen) atoms. The summed E-state index contributed by atoms with van der Waals surface area (Å²) in [6.07, 6.45) is 15.8. The smallest absolute Gasteiger partial charge is 0.407 e. The van der Waals surface area contributed by atoms with Crippen molar-refractivity contribution in [3.63, 3.8) is 0 Å². The van der Waals surface area contributed by atoms with E-state index in [0.717, 1.165) is 116 Å². The maximum atomic E-state index is 12.9. The molecule has 0 bridgehead atoms. The summed E-state index contributed by atoms with van der Waals surface area (Å²) < 4.78 is 21.2. The molecule has 4 saturated carbocycles. The van der Waals surface area contributed by atoms with Gasteiger partial charge in [-0.2, -0.15) is 0 Å². The third-order valence-corrected chi connectivity index (χ3v) is 16.9. The molecule has 8 atom stereocenters. The topological polar surface area (TPSA) is 265 Å². The molecule has 20 nitrogen and oxygen atoms in total. The number of hydrogen-bond acceptors (Lipinski definition) is 11. The van der Waals surface area contributed by atoms with Crippen LogP contribution < -0.4 is 47.9 Å². The minimum Gasteiger partial charge on any atom is -0.450 e. The summed E-state index contributed by atoms with van der Waals surface area (Å²) in [6.45, 7) is 37.8. The second-order valence-corrected chi connectivity index (χ2v) is 30.1. The number of carbonyl (C=O) groups excluding carboxylic acids is 7. The Hall–Kier alpha value is -4.91. The number of amides is 10. The fourth-order valence-corrected chi connectivity index (χ4v) is 15.0. The number of rotatable bonds is 24. The lowest BCUT2D eigenvalue weighted by molar-refractivity contribution is 0.0630. The fourth-order valence-electron chi connectivity index (χ4n) is 15.0. The first kappa shape index (κ1) is 72.3. The van der Waals surface area contributed by atoms with Crippen molar-refractivity contribution in [2.24, 2.45) is 43.3 Å². The Morgan fingerprint density at radius 1 is 0.325 bits per heavy atom. The van der Waals surface area contributed by atoms with Crippen LogP contribution in [0, 0.1) is 43.3 Å². The molecule has 0 aromatic heterocycles. The maximum Gasteiger partial charge on any atom is 0.407 e. The normalized spacial score (nSPS) is 28.4. The van der Waals surface area contributed by atoms with Crippen molar-refractivity contribution >= 4 is 42.5 Å². The van der Waals surface area contributed by atoms with Gasteiger partial charge in [-0.15, -0.1) is 0 Å². The number of imide groups is 1. The van der Waals surface area contributed by atoms with Gasteiger partial charge in [0.2, 0.25) is 0 Å². The van der Waals surface area contributed by atoms with Crippen molar-refractivity contribution in [3.8, 4) is 0 Å². The van der Waals surface area contributed by atoms with Gasteiger partial charge in [-0.05, 0) is 146 Å². The quantitative estimate of drug-likeness (QED) is 0.0324. The van der Waals surface area contributed by atoms with Crippen LogP contribution in [0.25, 0.3) is 0 Å². The molecule has 8 unspecified atom stereocenters. The number of unbranched alkanes of at least 4 members (excludes halogenated alkanes) is 4. The lowest BCUT2D eigenvalue weighted by Crippen LogP contribution is -2.54. The van der Waals surface area contributed by atoms with Gasteiger partial charge in [-0.3, -0.25) is 5.32 Å². The Labute approximate surface area is 500 Å².